The summed E-state index contributed by atoms with van der Waals surface area (Å²) in [5, 5.41) is 4.83. The van der Waals surface area contributed by atoms with E-state index in [4.69, 9.17) is 4.74 Å². The number of nitrogens with zero attached hydrogens (tertiary/aromatic N) is 2. The minimum Gasteiger partial charge on any atom is -0.380 e. The lowest BCUT2D eigenvalue weighted by Crippen LogP contribution is -2.47. The van der Waals surface area contributed by atoms with Crippen LogP contribution in [0.1, 0.15) is 33.1 Å². The Morgan fingerprint density at radius 2 is 2.38 bits per heavy atom. The third kappa shape index (κ3) is 4.77. The van der Waals surface area contributed by atoms with Gasteiger partial charge in [-0.15, -0.1) is 11.8 Å². The van der Waals surface area contributed by atoms with Crippen molar-refractivity contribution in [3.05, 3.63) is 23.3 Å². The van der Waals surface area contributed by atoms with E-state index in [9.17, 15) is 4.79 Å². The van der Waals surface area contributed by atoms with Gasteiger partial charge in [0.2, 0.25) is 0 Å². The number of amides is 2. The van der Waals surface area contributed by atoms with Gasteiger partial charge in [-0.25, -0.2) is 4.79 Å². The number of thioether (sulfide) groups is 1. The Labute approximate surface area is 150 Å². The monoisotopic (exact) mass is 353 g/mol. The lowest BCUT2D eigenvalue weighted by molar-refractivity contribution is 0.143. The lowest BCUT2D eigenvalue weighted by atomic mass is 10.1. The second-order valence-electron chi connectivity index (χ2n) is 6.48. The van der Waals surface area contributed by atoms with Crippen molar-refractivity contribution in [2.45, 2.75) is 45.2 Å². The second-order valence-corrected chi connectivity index (χ2v) is 7.39. The van der Waals surface area contributed by atoms with Crippen LogP contribution in [0, 0.1) is 0 Å². The van der Waals surface area contributed by atoms with E-state index in [-0.39, 0.29) is 12.1 Å². The summed E-state index contributed by atoms with van der Waals surface area (Å²) >= 11 is 1.78. The fourth-order valence-electron chi connectivity index (χ4n) is 3.42. The molecule has 0 unspecified atom stereocenters. The maximum Gasteiger partial charge on any atom is 0.321 e. The van der Waals surface area contributed by atoms with Gasteiger partial charge in [-0.1, -0.05) is 13.5 Å². The molecule has 0 radical (unpaired) electrons. The number of hydrogen-bond donors (Lipinski definition) is 1. The van der Waals surface area contributed by atoms with Crippen LogP contribution in [0.2, 0.25) is 0 Å². The van der Waals surface area contributed by atoms with Gasteiger partial charge in [-0.05, 0) is 50.3 Å². The second kappa shape index (κ2) is 9.49. The van der Waals surface area contributed by atoms with Gasteiger partial charge in [-0.3, -0.25) is 9.80 Å². The van der Waals surface area contributed by atoms with E-state index in [2.05, 4.69) is 29.1 Å². The van der Waals surface area contributed by atoms with Crippen molar-refractivity contribution < 1.29 is 9.53 Å². The van der Waals surface area contributed by atoms with E-state index in [1.165, 1.54) is 0 Å². The Kier molecular flexibility index (Phi) is 7.65. The molecule has 0 bridgehead atoms. The number of carbonyl (C=O) groups is 1. The van der Waals surface area contributed by atoms with Gasteiger partial charge < -0.3 is 10.1 Å². The van der Waals surface area contributed by atoms with Crippen molar-refractivity contribution in [3.8, 4) is 0 Å². The van der Waals surface area contributed by atoms with E-state index in [0.29, 0.717) is 6.04 Å². The number of carbonyl (C=O) groups excluding carboxylic acids is 1. The molecule has 2 aliphatic rings. The zero-order valence-electron chi connectivity index (χ0n) is 15.2. The highest BCUT2D eigenvalue weighted by Crippen LogP contribution is 2.30. The van der Waals surface area contributed by atoms with E-state index >= 15 is 0 Å². The van der Waals surface area contributed by atoms with Gasteiger partial charge in [0.15, 0.2) is 0 Å². The molecule has 0 aromatic heterocycles. The molecule has 2 atom stereocenters. The number of urea groups is 1. The van der Waals surface area contributed by atoms with Gasteiger partial charge in [0, 0.05) is 31.5 Å². The van der Waals surface area contributed by atoms with E-state index in [1.54, 1.807) is 18.8 Å². The number of likely N-dealkylation sites (N-methyl/N-ethyl adjacent to an activating group) is 1. The Morgan fingerprint density at radius 1 is 1.58 bits per heavy atom. The molecule has 2 amide bonds. The highest BCUT2D eigenvalue weighted by molar-refractivity contribution is 8.02. The van der Waals surface area contributed by atoms with Crippen LogP contribution in [-0.4, -0.2) is 67.0 Å². The SMILES string of the molecule is C=C(C)C1=CSC[C@@H](CCCN(CC)[C@H]2CCOC2)N1C(=O)NC. The molecule has 2 rings (SSSR count). The largest absolute Gasteiger partial charge is 0.380 e. The van der Waals surface area contributed by atoms with Crippen LogP contribution in [0.4, 0.5) is 4.79 Å². The molecule has 6 heteroatoms. The standard InChI is InChI=1S/C18H31N3O2S/c1-5-20(15-8-10-23-11-15)9-6-7-16-12-24-13-17(14(2)3)21(16)18(22)19-4/h13,15-16H,2,5-12H2,1,3-4H3,(H,19,22)/t15-,16+/m0/s1. The summed E-state index contributed by atoms with van der Waals surface area (Å²) in [5.41, 5.74) is 1.89. The van der Waals surface area contributed by atoms with Crippen LogP contribution in [0.15, 0.2) is 23.3 Å². The third-order valence-corrected chi connectivity index (χ3v) is 5.76. The minimum atomic E-state index is -0.0360. The van der Waals surface area contributed by atoms with Gasteiger partial charge >= 0.3 is 6.03 Å². The smallest absolute Gasteiger partial charge is 0.321 e. The molecule has 0 aliphatic carbocycles. The van der Waals surface area contributed by atoms with Crippen molar-refractivity contribution >= 4 is 17.8 Å². The Balaban J connectivity index is 1.93. The van der Waals surface area contributed by atoms with Gasteiger partial charge in [-0.2, -0.15) is 0 Å². The van der Waals surface area contributed by atoms with Gasteiger partial charge in [0.25, 0.3) is 0 Å². The highest BCUT2D eigenvalue weighted by Gasteiger charge is 2.30. The normalized spacial score (nSPS) is 24.2. The molecule has 2 heterocycles. The Bertz CT molecular complexity index is 475. The van der Waals surface area contributed by atoms with Crippen molar-refractivity contribution in [1.82, 2.24) is 15.1 Å². The lowest BCUT2D eigenvalue weighted by Gasteiger charge is -2.37. The number of hydrogen-bond acceptors (Lipinski definition) is 4. The van der Waals surface area contributed by atoms with Crippen molar-refractivity contribution in [2.24, 2.45) is 0 Å². The summed E-state index contributed by atoms with van der Waals surface area (Å²) in [6.07, 6.45) is 3.24. The first-order valence-electron chi connectivity index (χ1n) is 8.88. The number of nitrogens with one attached hydrogen (secondary N) is 1. The average molecular weight is 354 g/mol. The van der Waals surface area contributed by atoms with Crippen LogP contribution in [0.3, 0.4) is 0 Å². The van der Waals surface area contributed by atoms with Crippen LogP contribution in [0.5, 0.6) is 0 Å². The van der Waals surface area contributed by atoms with Crippen LogP contribution >= 0.6 is 11.8 Å². The first-order valence-corrected chi connectivity index (χ1v) is 9.93. The van der Waals surface area contributed by atoms with E-state index in [0.717, 1.165) is 62.6 Å². The maximum absolute atomic E-state index is 12.4. The van der Waals surface area contributed by atoms with Crippen molar-refractivity contribution in [3.63, 3.8) is 0 Å². The predicted octanol–water partition coefficient (Wildman–Crippen LogP) is 3.05. The molecule has 1 fully saturated rings. The number of allylic oxidation sites excluding steroid dienone is 1. The molecule has 24 heavy (non-hydrogen) atoms. The molecule has 0 saturated carbocycles. The molecule has 1 saturated heterocycles. The van der Waals surface area contributed by atoms with Crippen molar-refractivity contribution in [1.29, 1.82) is 0 Å². The summed E-state index contributed by atoms with van der Waals surface area (Å²) in [4.78, 5) is 16.8. The topological polar surface area (TPSA) is 44.8 Å². The summed E-state index contributed by atoms with van der Waals surface area (Å²) in [5.74, 6) is 0.947. The molecule has 2 aliphatic heterocycles. The van der Waals surface area contributed by atoms with Crippen LogP contribution < -0.4 is 5.32 Å². The molecule has 0 aromatic carbocycles. The molecule has 5 nitrogen and oxygen atoms in total. The fourth-order valence-corrected chi connectivity index (χ4v) is 4.53. The number of ether oxygens (including phenoxy) is 1. The van der Waals surface area contributed by atoms with E-state index < -0.39 is 0 Å². The summed E-state index contributed by atoms with van der Waals surface area (Å²) < 4.78 is 5.52. The number of rotatable bonds is 7. The molecule has 136 valence electrons. The quantitative estimate of drug-likeness (QED) is 0.764. The molecule has 0 spiro atoms. The molecular weight excluding hydrogens is 322 g/mol. The summed E-state index contributed by atoms with van der Waals surface area (Å²) in [7, 11) is 1.69. The summed E-state index contributed by atoms with van der Waals surface area (Å²) in [6, 6.07) is 0.757. The highest BCUT2D eigenvalue weighted by atomic mass is 32.2. The first-order chi connectivity index (χ1) is 11.6. The van der Waals surface area contributed by atoms with Crippen LogP contribution in [0.25, 0.3) is 0 Å². The third-order valence-electron chi connectivity index (χ3n) is 4.79. The van der Waals surface area contributed by atoms with Gasteiger partial charge in [0.1, 0.15) is 0 Å². The van der Waals surface area contributed by atoms with Crippen LogP contribution in [-0.2, 0) is 4.74 Å². The van der Waals surface area contributed by atoms with E-state index in [1.807, 2.05) is 11.8 Å². The Hall–Kier alpha value is -0.980. The fraction of sp³-hybridized carbons (Fsp3) is 0.722. The zero-order valence-corrected chi connectivity index (χ0v) is 16.0. The average Bonchev–Trinajstić information content (AvgIpc) is 3.12. The zero-order chi connectivity index (χ0) is 17.5. The predicted molar refractivity (Wildman–Crippen MR) is 101 cm³/mol. The first kappa shape index (κ1) is 19.3. The molecular formula is C18H31N3O2S. The van der Waals surface area contributed by atoms with Gasteiger partial charge in [0.05, 0.1) is 12.3 Å². The molecule has 0 aromatic rings. The Morgan fingerprint density at radius 3 is 2.96 bits per heavy atom. The molecule has 1 N–H and O–H groups in total. The minimum absolute atomic E-state index is 0.0360. The van der Waals surface area contributed by atoms with Crippen molar-refractivity contribution in [2.75, 3.05) is 39.1 Å². The summed E-state index contributed by atoms with van der Waals surface area (Å²) in [6.45, 7) is 12.1. The maximum atomic E-state index is 12.4.